The molecule has 2 amide bonds. The van der Waals surface area contributed by atoms with Gasteiger partial charge in [0.15, 0.2) is 0 Å². The van der Waals surface area contributed by atoms with Gasteiger partial charge in [0, 0.05) is 24.3 Å². The molecule has 0 radical (unpaired) electrons. The summed E-state index contributed by atoms with van der Waals surface area (Å²) >= 11 is 0. The maximum atomic E-state index is 12.8. The van der Waals surface area contributed by atoms with E-state index in [1.54, 1.807) is 48.1 Å². The predicted molar refractivity (Wildman–Crippen MR) is 97.0 cm³/mol. The van der Waals surface area contributed by atoms with Gasteiger partial charge in [0.2, 0.25) is 5.91 Å². The zero-order valence-corrected chi connectivity index (χ0v) is 14.7. The Balaban J connectivity index is 1.79. The third-order valence-corrected chi connectivity index (χ3v) is 4.66. The lowest BCUT2D eigenvalue weighted by Gasteiger charge is -2.39. The predicted octanol–water partition coefficient (Wildman–Crippen LogP) is 2.88. The Bertz CT molecular complexity index is 786. The van der Waals surface area contributed by atoms with Gasteiger partial charge in [-0.1, -0.05) is 18.2 Å². The number of hydrogen-bond acceptors (Lipinski definition) is 3. The lowest BCUT2D eigenvalue weighted by molar-refractivity contribution is -0.124. The molecule has 5 nitrogen and oxygen atoms in total. The summed E-state index contributed by atoms with van der Waals surface area (Å²) in [6, 6.07) is 14.3. The fourth-order valence-electron chi connectivity index (χ4n) is 3.15. The standard InChI is InChI=1S/C20H22N2O3/c1-14-6-4-5-7-18(14)22-13-12-21(15(2)19(22)23)20(24)16-8-10-17(25-3)11-9-16/h4-11,15H,12-13H2,1-3H3. The van der Waals surface area contributed by atoms with E-state index >= 15 is 0 Å². The Morgan fingerprint density at radius 2 is 1.76 bits per heavy atom. The number of para-hydroxylation sites is 1. The largest absolute Gasteiger partial charge is 0.497 e. The molecule has 1 heterocycles. The minimum atomic E-state index is -0.497. The molecule has 1 unspecified atom stereocenters. The van der Waals surface area contributed by atoms with Gasteiger partial charge in [0.05, 0.1) is 7.11 Å². The molecule has 2 aromatic carbocycles. The molecule has 0 bridgehead atoms. The summed E-state index contributed by atoms with van der Waals surface area (Å²) in [5.41, 5.74) is 2.53. The fourth-order valence-corrected chi connectivity index (χ4v) is 3.15. The summed E-state index contributed by atoms with van der Waals surface area (Å²) in [6.07, 6.45) is 0. The maximum absolute atomic E-state index is 12.8. The Labute approximate surface area is 147 Å². The highest BCUT2D eigenvalue weighted by atomic mass is 16.5. The monoisotopic (exact) mass is 338 g/mol. The quantitative estimate of drug-likeness (QED) is 0.865. The van der Waals surface area contributed by atoms with Crippen molar-refractivity contribution in [1.29, 1.82) is 0 Å². The minimum Gasteiger partial charge on any atom is -0.497 e. The molecule has 1 aliphatic heterocycles. The molecule has 0 aromatic heterocycles. The normalized spacial score (nSPS) is 17.6. The second-order valence-corrected chi connectivity index (χ2v) is 6.18. The van der Waals surface area contributed by atoms with Crippen LogP contribution in [0, 0.1) is 6.92 Å². The Hall–Kier alpha value is -2.82. The van der Waals surface area contributed by atoms with Crippen molar-refractivity contribution < 1.29 is 14.3 Å². The average molecular weight is 338 g/mol. The van der Waals surface area contributed by atoms with E-state index in [2.05, 4.69) is 0 Å². The molecule has 1 fully saturated rings. The highest BCUT2D eigenvalue weighted by Gasteiger charge is 2.35. The van der Waals surface area contributed by atoms with Crippen LogP contribution in [-0.4, -0.2) is 43.0 Å². The lowest BCUT2D eigenvalue weighted by atomic mass is 10.1. The van der Waals surface area contributed by atoms with Crippen molar-refractivity contribution in [3.63, 3.8) is 0 Å². The summed E-state index contributed by atoms with van der Waals surface area (Å²) in [7, 11) is 1.59. The zero-order chi connectivity index (χ0) is 18.0. The number of ether oxygens (including phenoxy) is 1. The molecule has 0 N–H and O–H groups in total. The first-order valence-corrected chi connectivity index (χ1v) is 8.35. The maximum Gasteiger partial charge on any atom is 0.254 e. The number of nitrogens with zero attached hydrogens (tertiary/aromatic N) is 2. The minimum absolute atomic E-state index is 0.0533. The van der Waals surface area contributed by atoms with Crippen LogP contribution in [0.5, 0.6) is 5.75 Å². The van der Waals surface area contributed by atoms with Crippen LogP contribution in [0.4, 0.5) is 5.69 Å². The van der Waals surface area contributed by atoms with Gasteiger partial charge in [0.1, 0.15) is 11.8 Å². The summed E-state index contributed by atoms with van der Waals surface area (Å²) in [5, 5.41) is 0. The molecule has 1 aliphatic rings. The Morgan fingerprint density at radius 3 is 2.40 bits per heavy atom. The summed E-state index contributed by atoms with van der Waals surface area (Å²) in [4.78, 5) is 29.0. The molecule has 25 heavy (non-hydrogen) atoms. The van der Waals surface area contributed by atoms with Gasteiger partial charge in [-0.05, 0) is 49.7 Å². The van der Waals surface area contributed by atoms with Crippen LogP contribution in [0.2, 0.25) is 0 Å². The molecule has 0 spiro atoms. The number of anilines is 1. The topological polar surface area (TPSA) is 49.9 Å². The Kier molecular flexibility index (Phi) is 4.74. The smallest absolute Gasteiger partial charge is 0.254 e. The highest BCUT2D eigenvalue weighted by molar-refractivity contribution is 6.03. The number of carbonyl (C=O) groups is 2. The lowest BCUT2D eigenvalue weighted by Crippen LogP contribution is -2.57. The number of carbonyl (C=O) groups excluding carboxylic acids is 2. The van der Waals surface area contributed by atoms with Crippen LogP contribution in [0.3, 0.4) is 0 Å². The van der Waals surface area contributed by atoms with Crippen molar-refractivity contribution in [2.45, 2.75) is 19.9 Å². The molecular weight excluding hydrogens is 316 g/mol. The zero-order valence-electron chi connectivity index (χ0n) is 14.7. The van der Waals surface area contributed by atoms with Crippen molar-refractivity contribution in [3.8, 4) is 5.75 Å². The number of piperazine rings is 1. The molecule has 0 aliphatic carbocycles. The van der Waals surface area contributed by atoms with Crippen molar-refractivity contribution in [2.24, 2.45) is 0 Å². The van der Waals surface area contributed by atoms with Crippen molar-refractivity contribution >= 4 is 17.5 Å². The number of hydrogen-bond donors (Lipinski definition) is 0. The number of rotatable bonds is 3. The van der Waals surface area contributed by atoms with Crippen LogP contribution in [0.25, 0.3) is 0 Å². The van der Waals surface area contributed by atoms with Crippen molar-refractivity contribution in [1.82, 2.24) is 4.90 Å². The molecule has 3 rings (SSSR count). The molecule has 1 saturated heterocycles. The van der Waals surface area contributed by atoms with Gasteiger partial charge in [0.25, 0.3) is 5.91 Å². The van der Waals surface area contributed by atoms with Crippen molar-refractivity contribution in [2.75, 3.05) is 25.1 Å². The van der Waals surface area contributed by atoms with E-state index in [-0.39, 0.29) is 11.8 Å². The van der Waals surface area contributed by atoms with E-state index in [1.807, 2.05) is 31.2 Å². The number of aryl methyl sites for hydroxylation is 1. The second-order valence-electron chi connectivity index (χ2n) is 6.18. The summed E-state index contributed by atoms with van der Waals surface area (Å²) in [5.74, 6) is 0.514. The number of amides is 2. The van der Waals surface area contributed by atoms with Crippen LogP contribution in [-0.2, 0) is 4.79 Å². The van der Waals surface area contributed by atoms with Gasteiger partial charge >= 0.3 is 0 Å². The fraction of sp³-hybridized carbons (Fsp3) is 0.300. The first-order chi connectivity index (χ1) is 12.0. The van der Waals surface area contributed by atoms with Gasteiger partial charge in [-0.2, -0.15) is 0 Å². The van der Waals surface area contributed by atoms with Gasteiger partial charge in [-0.25, -0.2) is 0 Å². The van der Waals surface area contributed by atoms with E-state index < -0.39 is 6.04 Å². The summed E-state index contributed by atoms with van der Waals surface area (Å²) < 4.78 is 5.12. The first kappa shape index (κ1) is 17.0. The van der Waals surface area contributed by atoms with E-state index in [0.717, 1.165) is 11.3 Å². The molecule has 1 atom stereocenters. The van der Waals surface area contributed by atoms with Crippen LogP contribution < -0.4 is 9.64 Å². The Morgan fingerprint density at radius 1 is 1.08 bits per heavy atom. The van der Waals surface area contributed by atoms with Crippen LogP contribution in [0.15, 0.2) is 48.5 Å². The average Bonchev–Trinajstić information content (AvgIpc) is 2.64. The van der Waals surface area contributed by atoms with E-state index in [9.17, 15) is 9.59 Å². The number of methoxy groups -OCH3 is 1. The molecular formula is C20H22N2O3. The molecule has 0 saturated carbocycles. The van der Waals surface area contributed by atoms with E-state index in [4.69, 9.17) is 4.74 Å². The number of benzene rings is 2. The molecule has 130 valence electrons. The highest BCUT2D eigenvalue weighted by Crippen LogP contribution is 2.25. The van der Waals surface area contributed by atoms with Crippen LogP contribution in [0.1, 0.15) is 22.8 Å². The molecule has 2 aromatic rings. The third-order valence-electron chi connectivity index (χ3n) is 4.66. The third kappa shape index (κ3) is 3.22. The molecule has 5 heteroatoms. The SMILES string of the molecule is COc1ccc(C(=O)N2CCN(c3ccccc3C)C(=O)C2C)cc1. The first-order valence-electron chi connectivity index (χ1n) is 8.35. The van der Waals surface area contributed by atoms with Crippen LogP contribution >= 0.6 is 0 Å². The van der Waals surface area contributed by atoms with Crippen molar-refractivity contribution in [3.05, 3.63) is 59.7 Å². The summed E-state index contributed by atoms with van der Waals surface area (Å²) in [6.45, 7) is 4.78. The van der Waals surface area contributed by atoms with Gasteiger partial charge in [-0.3, -0.25) is 9.59 Å². The van der Waals surface area contributed by atoms with Gasteiger partial charge < -0.3 is 14.5 Å². The van der Waals surface area contributed by atoms with E-state index in [0.29, 0.717) is 24.4 Å². The van der Waals surface area contributed by atoms with E-state index in [1.165, 1.54) is 0 Å². The second kappa shape index (κ2) is 6.97. The van der Waals surface area contributed by atoms with Gasteiger partial charge in [-0.15, -0.1) is 0 Å².